The van der Waals surface area contributed by atoms with Crippen molar-refractivity contribution in [3.05, 3.63) is 23.9 Å². The molecular formula is C17H24N2O2S. The van der Waals surface area contributed by atoms with Gasteiger partial charge in [-0.1, -0.05) is 20.8 Å². The van der Waals surface area contributed by atoms with Crippen LogP contribution in [0.25, 0.3) is 0 Å². The highest BCUT2D eigenvalue weighted by Crippen LogP contribution is 2.40. The minimum Gasteiger partial charge on any atom is -0.377 e. The molecule has 5 heteroatoms. The highest BCUT2D eigenvalue weighted by atomic mass is 32.2. The molecule has 2 aliphatic rings. The van der Waals surface area contributed by atoms with Crippen LogP contribution in [0, 0.1) is 0 Å². The smallest absolute Gasteiger partial charge is 0.254 e. The van der Waals surface area contributed by atoms with Crippen LogP contribution in [0.15, 0.2) is 23.4 Å². The lowest BCUT2D eigenvalue weighted by Gasteiger charge is -2.52. The van der Waals surface area contributed by atoms with E-state index in [1.165, 1.54) is 6.42 Å². The molecule has 1 aromatic rings. The number of ether oxygens (including phenoxy) is 1. The summed E-state index contributed by atoms with van der Waals surface area (Å²) in [7, 11) is 0. The van der Waals surface area contributed by atoms with Gasteiger partial charge in [-0.05, 0) is 31.4 Å². The van der Waals surface area contributed by atoms with E-state index < -0.39 is 0 Å². The molecular weight excluding hydrogens is 296 g/mol. The molecule has 1 saturated carbocycles. The number of carbonyl (C=O) groups is 1. The summed E-state index contributed by atoms with van der Waals surface area (Å²) in [6, 6.07) is 3.76. The minimum atomic E-state index is -0.0457. The molecule has 2 fully saturated rings. The zero-order valence-electron chi connectivity index (χ0n) is 13.6. The summed E-state index contributed by atoms with van der Waals surface area (Å²) in [4.78, 5) is 19.4. The van der Waals surface area contributed by atoms with E-state index in [0.29, 0.717) is 19.8 Å². The Morgan fingerprint density at radius 2 is 2.18 bits per heavy atom. The van der Waals surface area contributed by atoms with E-state index in [0.717, 1.165) is 23.4 Å². The average molecular weight is 320 g/mol. The first kappa shape index (κ1) is 15.8. The maximum absolute atomic E-state index is 13.0. The summed E-state index contributed by atoms with van der Waals surface area (Å²) < 4.78 is 5.71. The third-order valence-electron chi connectivity index (χ3n) is 4.32. The predicted octanol–water partition coefficient (Wildman–Crippen LogP) is 3.37. The lowest BCUT2D eigenvalue weighted by molar-refractivity contribution is -0.0877. The largest absolute Gasteiger partial charge is 0.377 e. The van der Waals surface area contributed by atoms with Gasteiger partial charge in [-0.2, -0.15) is 0 Å². The fraction of sp³-hybridized carbons (Fsp3) is 0.647. The van der Waals surface area contributed by atoms with Crippen molar-refractivity contribution in [3.8, 4) is 0 Å². The van der Waals surface area contributed by atoms with E-state index in [4.69, 9.17) is 4.74 Å². The number of rotatable bonds is 2. The zero-order valence-corrected chi connectivity index (χ0v) is 14.4. The Balaban J connectivity index is 1.81. The summed E-state index contributed by atoms with van der Waals surface area (Å²) in [5, 5.41) is 0.911. The number of pyridine rings is 1. The maximum Gasteiger partial charge on any atom is 0.254 e. The number of carbonyl (C=O) groups excluding carboxylic acids is 1. The highest BCUT2D eigenvalue weighted by molar-refractivity contribution is 8.00. The molecule has 1 aliphatic carbocycles. The van der Waals surface area contributed by atoms with Crippen molar-refractivity contribution in [2.24, 2.45) is 0 Å². The molecule has 0 atom stereocenters. The monoisotopic (exact) mass is 320 g/mol. The van der Waals surface area contributed by atoms with E-state index in [-0.39, 0.29) is 16.2 Å². The van der Waals surface area contributed by atoms with Gasteiger partial charge in [-0.15, -0.1) is 11.8 Å². The van der Waals surface area contributed by atoms with E-state index in [1.807, 2.05) is 17.0 Å². The predicted molar refractivity (Wildman–Crippen MR) is 88.3 cm³/mol. The SMILES string of the molecule is CC(C)(C)Sc1cc(C(=O)N2CCOCC23CCC3)ccn1. The Kier molecular flexibility index (Phi) is 4.21. The molecule has 0 aromatic carbocycles. The van der Waals surface area contributed by atoms with Crippen molar-refractivity contribution >= 4 is 17.7 Å². The van der Waals surface area contributed by atoms with Crippen molar-refractivity contribution in [2.45, 2.75) is 55.3 Å². The van der Waals surface area contributed by atoms with Crippen molar-refractivity contribution in [1.29, 1.82) is 0 Å². The first-order chi connectivity index (χ1) is 10.4. The molecule has 1 aliphatic heterocycles. The van der Waals surface area contributed by atoms with Crippen LogP contribution in [-0.4, -0.2) is 45.8 Å². The molecule has 0 bridgehead atoms. The molecule has 1 saturated heterocycles. The van der Waals surface area contributed by atoms with Gasteiger partial charge in [0.1, 0.15) is 0 Å². The van der Waals surface area contributed by atoms with Gasteiger partial charge in [-0.3, -0.25) is 4.79 Å². The summed E-state index contributed by atoms with van der Waals surface area (Å²) in [5.41, 5.74) is 0.700. The van der Waals surface area contributed by atoms with Crippen LogP contribution in [0.2, 0.25) is 0 Å². The van der Waals surface area contributed by atoms with Gasteiger partial charge < -0.3 is 9.64 Å². The number of nitrogens with zero attached hydrogens (tertiary/aromatic N) is 2. The molecule has 3 rings (SSSR count). The standard InChI is InChI=1S/C17H24N2O2S/c1-16(2,3)22-14-11-13(5-8-18-14)15(20)19-9-10-21-12-17(19)6-4-7-17/h5,8,11H,4,6-7,9-10,12H2,1-3H3. The fourth-order valence-electron chi connectivity index (χ4n) is 3.12. The number of amides is 1. The van der Waals surface area contributed by atoms with Gasteiger partial charge in [0, 0.05) is 23.1 Å². The molecule has 2 heterocycles. The van der Waals surface area contributed by atoms with Crippen LogP contribution in [0.1, 0.15) is 50.4 Å². The van der Waals surface area contributed by atoms with Crippen molar-refractivity contribution in [3.63, 3.8) is 0 Å². The van der Waals surface area contributed by atoms with Crippen LogP contribution >= 0.6 is 11.8 Å². The Morgan fingerprint density at radius 1 is 1.41 bits per heavy atom. The highest BCUT2D eigenvalue weighted by Gasteiger charge is 2.47. The van der Waals surface area contributed by atoms with Gasteiger partial charge in [0.15, 0.2) is 0 Å². The number of hydrogen-bond donors (Lipinski definition) is 0. The number of thioether (sulfide) groups is 1. The Bertz CT molecular complexity index is 564. The fourth-order valence-corrected chi connectivity index (χ4v) is 4.04. The molecule has 22 heavy (non-hydrogen) atoms. The second kappa shape index (κ2) is 5.85. The molecule has 1 aromatic heterocycles. The van der Waals surface area contributed by atoms with E-state index in [1.54, 1.807) is 18.0 Å². The topological polar surface area (TPSA) is 42.4 Å². The molecule has 1 spiro atoms. The van der Waals surface area contributed by atoms with Crippen LogP contribution in [0.5, 0.6) is 0 Å². The average Bonchev–Trinajstić information content (AvgIpc) is 2.43. The molecule has 0 radical (unpaired) electrons. The molecule has 0 N–H and O–H groups in total. The zero-order chi connectivity index (χ0) is 15.8. The number of aromatic nitrogens is 1. The first-order valence-corrected chi connectivity index (χ1v) is 8.76. The normalized spacial score (nSPS) is 20.8. The van der Waals surface area contributed by atoms with Gasteiger partial charge in [0.05, 0.1) is 23.8 Å². The third-order valence-corrected chi connectivity index (χ3v) is 5.37. The Morgan fingerprint density at radius 3 is 2.82 bits per heavy atom. The number of hydrogen-bond acceptors (Lipinski definition) is 4. The van der Waals surface area contributed by atoms with Crippen LogP contribution in [0.3, 0.4) is 0 Å². The second-order valence-electron chi connectivity index (χ2n) is 7.18. The molecule has 1 amide bonds. The van der Waals surface area contributed by atoms with Gasteiger partial charge in [0.25, 0.3) is 5.91 Å². The van der Waals surface area contributed by atoms with E-state index >= 15 is 0 Å². The van der Waals surface area contributed by atoms with Gasteiger partial charge in [0.2, 0.25) is 0 Å². The van der Waals surface area contributed by atoms with Crippen LogP contribution in [0.4, 0.5) is 0 Å². The third kappa shape index (κ3) is 3.15. The van der Waals surface area contributed by atoms with Crippen molar-refractivity contribution in [2.75, 3.05) is 19.8 Å². The lowest BCUT2D eigenvalue weighted by atomic mass is 9.75. The van der Waals surface area contributed by atoms with Gasteiger partial charge >= 0.3 is 0 Å². The number of morpholine rings is 1. The Hall–Kier alpha value is -1.07. The minimum absolute atomic E-state index is 0.0457. The molecule has 4 nitrogen and oxygen atoms in total. The quantitative estimate of drug-likeness (QED) is 0.784. The van der Waals surface area contributed by atoms with Gasteiger partial charge in [-0.25, -0.2) is 4.98 Å². The first-order valence-electron chi connectivity index (χ1n) is 7.94. The molecule has 0 unspecified atom stereocenters. The summed E-state index contributed by atoms with van der Waals surface area (Å²) >= 11 is 1.69. The summed E-state index contributed by atoms with van der Waals surface area (Å²) in [6.45, 7) is 8.48. The Labute approximate surface area is 136 Å². The molecule has 120 valence electrons. The van der Waals surface area contributed by atoms with E-state index in [2.05, 4.69) is 25.8 Å². The van der Waals surface area contributed by atoms with Crippen LogP contribution < -0.4 is 0 Å². The summed E-state index contributed by atoms with van der Waals surface area (Å²) in [5.74, 6) is 0.126. The summed E-state index contributed by atoms with van der Waals surface area (Å²) in [6.07, 6.45) is 5.06. The second-order valence-corrected chi connectivity index (χ2v) is 9.03. The van der Waals surface area contributed by atoms with E-state index in [9.17, 15) is 4.79 Å². The van der Waals surface area contributed by atoms with Crippen LogP contribution in [-0.2, 0) is 4.74 Å². The van der Waals surface area contributed by atoms with Crippen molar-refractivity contribution in [1.82, 2.24) is 9.88 Å². The van der Waals surface area contributed by atoms with Crippen molar-refractivity contribution < 1.29 is 9.53 Å². The maximum atomic E-state index is 13.0. The lowest BCUT2D eigenvalue weighted by Crippen LogP contribution is -2.62.